The van der Waals surface area contributed by atoms with Gasteiger partial charge in [0, 0.05) is 37.5 Å². The summed E-state index contributed by atoms with van der Waals surface area (Å²) in [4.78, 5) is 0. The molecule has 0 amide bonds. The Morgan fingerprint density at radius 3 is 2.67 bits per heavy atom. The molecule has 0 saturated carbocycles. The smallest absolute Gasteiger partial charge is 0.263 e. The van der Waals surface area contributed by atoms with Crippen molar-refractivity contribution in [1.29, 1.82) is 0 Å². The summed E-state index contributed by atoms with van der Waals surface area (Å²) in [6.45, 7) is 6.80. The van der Waals surface area contributed by atoms with Crippen LogP contribution in [0.1, 0.15) is 31.5 Å². The third-order valence-corrected chi connectivity index (χ3v) is 5.53. The Balaban J connectivity index is 3.22. The van der Waals surface area contributed by atoms with Gasteiger partial charge in [0.25, 0.3) is 10.0 Å². The number of nitrogens with zero attached hydrogens (tertiary/aromatic N) is 2. The molecule has 1 rings (SSSR count). The van der Waals surface area contributed by atoms with Crippen LogP contribution in [0, 0.1) is 6.92 Å². The van der Waals surface area contributed by atoms with E-state index < -0.39 is 10.0 Å². The second kappa shape index (κ2) is 7.88. The summed E-state index contributed by atoms with van der Waals surface area (Å²) in [6.07, 6.45) is 0.730. The second-order valence-electron chi connectivity index (χ2n) is 5.03. The lowest BCUT2D eigenvalue weighted by Crippen LogP contribution is -2.41. The van der Waals surface area contributed by atoms with E-state index in [1.54, 1.807) is 14.2 Å². The number of hydrogen-bond acceptors (Lipinski definition) is 5. The fourth-order valence-corrected chi connectivity index (χ4v) is 3.96. The molecule has 0 aromatic carbocycles. The normalized spacial score (nSPS) is 13.8. The molecule has 21 heavy (non-hydrogen) atoms. The van der Waals surface area contributed by atoms with Gasteiger partial charge in [-0.25, -0.2) is 8.42 Å². The van der Waals surface area contributed by atoms with Crippen molar-refractivity contribution in [2.45, 2.75) is 44.8 Å². The van der Waals surface area contributed by atoms with Crippen LogP contribution in [0.3, 0.4) is 0 Å². The Kier molecular flexibility index (Phi) is 6.79. The van der Waals surface area contributed by atoms with Crippen molar-refractivity contribution < 1.29 is 13.2 Å². The van der Waals surface area contributed by atoms with Crippen molar-refractivity contribution in [3.05, 3.63) is 11.3 Å². The van der Waals surface area contributed by atoms with Crippen LogP contribution in [0.15, 0.2) is 5.03 Å². The lowest BCUT2D eigenvalue weighted by Gasteiger charge is -2.26. The quantitative estimate of drug-likeness (QED) is 0.705. The molecule has 0 aliphatic rings. The summed E-state index contributed by atoms with van der Waals surface area (Å²) in [5.74, 6) is 0. The molecule has 1 aromatic rings. The van der Waals surface area contributed by atoms with Crippen LogP contribution in [0.25, 0.3) is 0 Å². The van der Waals surface area contributed by atoms with E-state index in [0.717, 1.165) is 12.1 Å². The molecule has 2 N–H and O–H groups in total. The Morgan fingerprint density at radius 1 is 1.48 bits per heavy atom. The van der Waals surface area contributed by atoms with Crippen LogP contribution in [0.5, 0.6) is 0 Å². The Hall–Kier alpha value is -0.960. The first-order valence-corrected chi connectivity index (χ1v) is 8.53. The summed E-state index contributed by atoms with van der Waals surface area (Å²) in [7, 11) is -0.306. The van der Waals surface area contributed by atoms with Crippen molar-refractivity contribution in [3.63, 3.8) is 0 Å². The van der Waals surface area contributed by atoms with Crippen molar-refractivity contribution >= 4 is 10.0 Å². The SMILES string of the molecule is CCC(C)N(CCOC)S(=O)(=O)c1n[nH]c(C)c1CNC. The first-order valence-electron chi connectivity index (χ1n) is 7.09. The van der Waals surface area contributed by atoms with E-state index in [9.17, 15) is 8.42 Å². The summed E-state index contributed by atoms with van der Waals surface area (Å²) in [6, 6.07) is -0.107. The molecule has 122 valence electrons. The van der Waals surface area contributed by atoms with Crippen molar-refractivity contribution in [1.82, 2.24) is 19.8 Å². The molecule has 0 saturated heterocycles. The highest BCUT2D eigenvalue weighted by molar-refractivity contribution is 7.89. The molecule has 8 heteroatoms. The molecule has 0 aliphatic carbocycles. The van der Waals surface area contributed by atoms with E-state index in [2.05, 4.69) is 15.5 Å². The average molecular weight is 318 g/mol. The van der Waals surface area contributed by atoms with Gasteiger partial charge in [-0.3, -0.25) is 5.10 Å². The zero-order valence-electron chi connectivity index (χ0n) is 13.4. The lowest BCUT2D eigenvalue weighted by atomic mass is 10.2. The molecule has 1 aromatic heterocycles. The topological polar surface area (TPSA) is 87.3 Å². The number of rotatable bonds is 9. The van der Waals surface area contributed by atoms with Crippen LogP contribution < -0.4 is 5.32 Å². The average Bonchev–Trinajstić information content (AvgIpc) is 2.81. The van der Waals surface area contributed by atoms with Crippen LogP contribution in [-0.2, 0) is 21.3 Å². The number of nitrogens with one attached hydrogen (secondary N) is 2. The van der Waals surface area contributed by atoms with Gasteiger partial charge in [-0.05, 0) is 27.3 Å². The third-order valence-electron chi connectivity index (χ3n) is 3.54. The van der Waals surface area contributed by atoms with E-state index in [4.69, 9.17) is 4.74 Å². The highest BCUT2D eigenvalue weighted by atomic mass is 32.2. The number of aryl methyl sites for hydroxylation is 1. The Morgan fingerprint density at radius 2 is 2.14 bits per heavy atom. The molecule has 7 nitrogen and oxygen atoms in total. The first kappa shape index (κ1) is 18.1. The Labute approximate surface area is 127 Å². The predicted octanol–water partition coefficient (Wildman–Crippen LogP) is 0.873. The van der Waals surface area contributed by atoms with Crippen LogP contribution >= 0.6 is 0 Å². The lowest BCUT2D eigenvalue weighted by molar-refractivity contribution is 0.167. The fourth-order valence-electron chi connectivity index (χ4n) is 2.10. The summed E-state index contributed by atoms with van der Waals surface area (Å²) in [5, 5.41) is 9.87. The maximum atomic E-state index is 12.9. The number of sulfonamides is 1. The highest BCUT2D eigenvalue weighted by Gasteiger charge is 2.32. The molecule has 0 fully saturated rings. The second-order valence-corrected chi connectivity index (χ2v) is 6.83. The molecular formula is C13H26N4O3S. The number of aromatic nitrogens is 2. The number of aromatic amines is 1. The maximum absolute atomic E-state index is 12.9. The number of hydrogen-bond donors (Lipinski definition) is 2. The van der Waals surface area contributed by atoms with Crippen LogP contribution in [0.2, 0.25) is 0 Å². The van der Waals surface area contributed by atoms with E-state index in [1.165, 1.54) is 4.31 Å². The molecule has 0 spiro atoms. The van der Waals surface area contributed by atoms with Crippen LogP contribution in [-0.4, -0.2) is 56.3 Å². The van der Waals surface area contributed by atoms with Gasteiger partial charge in [0.15, 0.2) is 5.03 Å². The summed E-state index contributed by atoms with van der Waals surface area (Å²) in [5.41, 5.74) is 1.45. The van der Waals surface area contributed by atoms with Crippen molar-refractivity contribution in [3.8, 4) is 0 Å². The molecule has 0 aliphatic heterocycles. The minimum atomic E-state index is -3.65. The zero-order chi connectivity index (χ0) is 16.0. The molecular weight excluding hydrogens is 292 g/mol. The predicted molar refractivity (Wildman–Crippen MR) is 81.6 cm³/mol. The van der Waals surface area contributed by atoms with Gasteiger partial charge >= 0.3 is 0 Å². The van der Waals surface area contributed by atoms with Gasteiger partial charge in [-0.2, -0.15) is 9.40 Å². The molecule has 1 atom stereocenters. The molecule has 0 bridgehead atoms. The van der Waals surface area contributed by atoms with Crippen molar-refractivity contribution in [2.24, 2.45) is 0 Å². The van der Waals surface area contributed by atoms with E-state index in [-0.39, 0.29) is 11.1 Å². The van der Waals surface area contributed by atoms with Gasteiger partial charge in [0.2, 0.25) is 0 Å². The summed E-state index contributed by atoms with van der Waals surface area (Å²) >= 11 is 0. The standard InChI is InChI=1S/C13H26N4O3S/c1-6-10(2)17(7-8-20-5)21(18,19)13-12(9-14-4)11(3)15-16-13/h10,14H,6-9H2,1-5H3,(H,15,16). The number of ether oxygens (including phenoxy) is 1. The van der Waals surface area contributed by atoms with Gasteiger partial charge < -0.3 is 10.1 Å². The van der Waals surface area contributed by atoms with E-state index >= 15 is 0 Å². The fraction of sp³-hybridized carbons (Fsp3) is 0.769. The highest BCUT2D eigenvalue weighted by Crippen LogP contribution is 2.23. The molecule has 0 radical (unpaired) electrons. The van der Waals surface area contributed by atoms with Gasteiger partial charge in [0.1, 0.15) is 0 Å². The zero-order valence-corrected chi connectivity index (χ0v) is 14.2. The first-order chi connectivity index (χ1) is 9.89. The summed E-state index contributed by atoms with van der Waals surface area (Å²) < 4.78 is 32.3. The largest absolute Gasteiger partial charge is 0.383 e. The number of H-pyrrole nitrogens is 1. The molecule has 1 heterocycles. The number of methoxy groups -OCH3 is 1. The van der Waals surface area contributed by atoms with Gasteiger partial charge in [0.05, 0.1) is 6.61 Å². The van der Waals surface area contributed by atoms with E-state index in [0.29, 0.717) is 25.3 Å². The third kappa shape index (κ3) is 4.03. The molecule has 1 unspecified atom stereocenters. The maximum Gasteiger partial charge on any atom is 0.263 e. The van der Waals surface area contributed by atoms with Gasteiger partial charge in [-0.15, -0.1) is 0 Å². The van der Waals surface area contributed by atoms with Crippen LogP contribution in [0.4, 0.5) is 0 Å². The Bertz CT molecular complexity index is 542. The minimum Gasteiger partial charge on any atom is -0.383 e. The monoisotopic (exact) mass is 318 g/mol. The van der Waals surface area contributed by atoms with E-state index in [1.807, 2.05) is 20.8 Å². The minimum absolute atomic E-state index is 0.103. The van der Waals surface area contributed by atoms with Crippen molar-refractivity contribution in [2.75, 3.05) is 27.3 Å². The van der Waals surface area contributed by atoms with Gasteiger partial charge in [-0.1, -0.05) is 6.92 Å².